The smallest absolute Gasteiger partial charge is 0.248 e. The maximum absolute atomic E-state index is 13.1. The van der Waals surface area contributed by atoms with Gasteiger partial charge in [-0.25, -0.2) is 8.42 Å². The van der Waals surface area contributed by atoms with E-state index in [1.165, 1.54) is 4.31 Å². The van der Waals surface area contributed by atoms with Crippen LogP contribution >= 0.6 is 0 Å². The van der Waals surface area contributed by atoms with Gasteiger partial charge in [0.05, 0.1) is 6.10 Å². The van der Waals surface area contributed by atoms with Gasteiger partial charge in [0.15, 0.2) is 5.76 Å². The topological polar surface area (TPSA) is 104 Å². The molecule has 2 fully saturated rings. The van der Waals surface area contributed by atoms with Gasteiger partial charge in [0, 0.05) is 32.6 Å². The van der Waals surface area contributed by atoms with Crippen molar-refractivity contribution < 1.29 is 22.8 Å². The second kappa shape index (κ2) is 8.51. The van der Waals surface area contributed by atoms with Gasteiger partial charge in [0.25, 0.3) is 0 Å². The Kier molecular flexibility index (Phi) is 6.46. The van der Waals surface area contributed by atoms with E-state index in [1.807, 2.05) is 11.8 Å². The molecule has 0 saturated carbocycles. The van der Waals surface area contributed by atoms with Crippen LogP contribution in [0.3, 0.4) is 0 Å². The first kappa shape index (κ1) is 21.3. The summed E-state index contributed by atoms with van der Waals surface area (Å²) in [5, 5.41) is 13.4. The minimum absolute atomic E-state index is 0.123. The van der Waals surface area contributed by atoms with Gasteiger partial charge in [0.1, 0.15) is 10.6 Å². The molecule has 1 N–H and O–H groups in total. The zero-order valence-electron chi connectivity index (χ0n) is 16.9. The summed E-state index contributed by atoms with van der Waals surface area (Å²) in [4.78, 5) is 14.7. The monoisotopic (exact) mass is 413 g/mol. The molecule has 0 bridgehead atoms. The SMILES string of the molecule is CC[C@@H]1CN(S(=O)(=O)c2c(C)noc2C)CC[C@H]1CC(=O)N1CCC(O)CC1. The Morgan fingerprint density at radius 1 is 1.18 bits per heavy atom. The minimum Gasteiger partial charge on any atom is -0.393 e. The second-order valence-electron chi connectivity index (χ2n) is 8.05. The van der Waals surface area contributed by atoms with Gasteiger partial charge in [-0.1, -0.05) is 18.5 Å². The molecule has 0 aromatic carbocycles. The first-order valence-electron chi connectivity index (χ1n) is 10.1. The summed E-state index contributed by atoms with van der Waals surface area (Å²) in [5.74, 6) is 0.760. The molecule has 158 valence electrons. The Hall–Kier alpha value is -1.45. The highest BCUT2D eigenvalue weighted by Crippen LogP contribution is 2.34. The van der Waals surface area contributed by atoms with Gasteiger partial charge in [-0.15, -0.1) is 0 Å². The number of rotatable bonds is 5. The molecular weight excluding hydrogens is 382 g/mol. The Bertz CT molecular complexity index is 779. The number of aliphatic hydroxyl groups is 1. The Balaban J connectivity index is 1.66. The minimum atomic E-state index is -3.65. The third kappa shape index (κ3) is 4.26. The van der Waals surface area contributed by atoms with Gasteiger partial charge in [0.2, 0.25) is 15.9 Å². The molecule has 1 amide bonds. The lowest BCUT2D eigenvalue weighted by molar-refractivity contribution is -0.135. The first-order chi connectivity index (χ1) is 13.2. The van der Waals surface area contributed by atoms with Crippen molar-refractivity contribution in [2.75, 3.05) is 26.2 Å². The highest BCUT2D eigenvalue weighted by molar-refractivity contribution is 7.89. The Morgan fingerprint density at radius 3 is 2.43 bits per heavy atom. The normalized spacial score (nSPS) is 25.2. The number of amides is 1. The second-order valence-corrected chi connectivity index (χ2v) is 9.92. The van der Waals surface area contributed by atoms with Gasteiger partial charge in [-0.2, -0.15) is 4.31 Å². The maximum Gasteiger partial charge on any atom is 0.248 e. The molecular formula is C19H31N3O5S. The molecule has 2 aliphatic rings. The van der Waals surface area contributed by atoms with E-state index in [0.717, 1.165) is 6.42 Å². The van der Waals surface area contributed by atoms with Crippen LogP contribution in [-0.4, -0.2) is 66.1 Å². The number of aromatic nitrogens is 1. The fourth-order valence-electron chi connectivity index (χ4n) is 4.44. The highest BCUT2D eigenvalue weighted by Gasteiger charge is 2.38. The van der Waals surface area contributed by atoms with Crippen LogP contribution in [0.1, 0.15) is 50.5 Å². The fourth-order valence-corrected chi connectivity index (χ4v) is 6.24. The average molecular weight is 414 g/mol. The molecule has 2 aliphatic heterocycles. The number of carbonyl (C=O) groups excluding carboxylic acids is 1. The zero-order chi connectivity index (χ0) is 20.5. The third-order valence-corrected chi connectivity index (χ3v) is 8.31. The quantitative estimate of drug-likeness (QED) is 0.788. The molecule has 0 radical (unpaired) electrons. The van der Waals surface area contributed by atoms with Crippen molar-refractivity contribution in [1.82, 2.24) is 14.4 Å². The summed E-state index contributed by atoms with van der Waals surface area (Å²) in [5.41, 5.74) is 0.384. The van der Waals surface area contributed by atoms with Gasteiger partial charge in [-0.3, -0.25) is 4.79 Å². The molecule has 3 rings (SSSR count). The summed E-state index contributed by atoms with van der Waals surface area (Å²) in [7, 11) is -3.65. The standard InChI is InChI=1S/C19H31N3O5S/c1-4-15-12-22(28(25,26)19-13(2)20-27-14(19)3)10-5-16(15)11-18(24)21-8-6-17(23)7-9-21/h15-17,23H,4-12H2,1-3H3/t15-,16+/m1/s1. The number of carbonyl (C=O) groups is 1. The van der Waals surface area contributed by atoms with Gasteiger partial charge >= 0.3 is 0 Å². The average Bonchev–Trinajstić information content (AvgIpc) is 3.01. The molecule has 0 unspecified atom stereocenters. The van der Waals surface area contributed by atoms with Crippen molar-refractivity contribution >= 4 is 15.9 Å². The van der Waals surface area contributed by atoms with Crippen LogP contribution < -0.4 is 0 Å². The Labute approximate surface area is 166 Å². The van der Waals surface area contributed by atoms with E-state index in [0.29, 0.717) is 63.3 Å². The fraction of sp³-hybridized carbons (Fsp3) is 0.789. The lowest BCUT2D eigenvalue weighted by Crippen LogP contribution is -2.46. The van der Waals surface area contributed by atoms with E-state index in [9.17, 15) is 18.3 Å². The van der Waals surface area contributed by atoms with Crippen LogP contribution in [0.4, 0.5) is 0 Å². The zero-order valence-corrected chi connectivity index (χ0v) is 17.7. The van der Waals surface area contributed by atoms with Crippen LogP contribution in [0.15, 0.2) is 9.42 Å². The molecule has 2 saturated heterocycles. The molecule has 2 atom stereocenters. The van der Waals surface area contributed by atoms with E-state index < -0.39 is 10.0 Å². The largest absolute Gasteiger partial charge is 0.393 e. The lowest BCUT2D eigenvalue weighted by atomic mass is 9.82. The van der Waals surface area contributed by atoms with Gasteiger partial charge < -0.3 is 14.5 Å². The molecule has 3 heterocycles. The number of aliphatic hydroxyl groups excluding tert-OH is 1. The van der Waals surface area contributed by atoms with Crippen molar-refractivity contribution in [3.8, 4) is 0 Å². The summed E-state index contributed by atoms with van der Waals surface area (Å²) < 4.78 is 32.7. The van der Waals surface area contributed by atoms with Crippen molar-refractivity contribution in [3.63, 3.8) is 0 Å². The van der Waals surface area contributed by atoms with Crippen LogP contribution in [0.5, 0.6) is 0 Å². The number of nitrogens with zero attached hydrogens (tertiary/aromatic N) is 3. The number of sulfonamides is 1. The van der Waals surface area contributed by atoms with E-state index >= 15 is 0 Å². The summed E-state index contributed by atoms with van der Waals surface area (Å²) in [6, 6.07) is 0. The molecule has 0 spiro atoms. The lowest BCUT2D eigenvalue weighted by Gasteiger charge is -2.38. The maximum atomic E-state index is 13.1. The molecule has 0 aliphatic carbocycles. The predicted molar refractivity (Wildman–Crippen MR) is 103 cm³/mol. The first-order valence-corrected chi connectivity index (χ1v) is 11.6. The summed E-state index contributed by atoms with van der Waals surface area (Å²) in [6.45, 7) is 7.34. The number of piperidine rings is 2. The van der Waals surface area contributed by atoms with Crippen LogP contribution in [0.25, 0.3) is 0 Å². The molecule has 8 nitrogen and oxygen atoms in total. The summed E-state index contributed by atoms with van der Waals surface area (Å²) >= 11 is 0. The van der Waals surface area contributed by atoms with Crippen molar-refractivity contribution in [2.24, 2.45) is 11.8 Å². The molecule has 9 heteroatoms. The van der Waals surface area contributed by atoms with Crippen LogP contribution in [0, 0.1) is 25.7 Å². The van der Waals surface area contributed by atoms with E-state index in [1.54, 1.807) is 13.8 Å². The number of likely N-dealkylation sites (tertiary alicyclic amines) is 1. The number of hydrogen-bond acceptors (Lipinski definition) is 6. The van der Waals surface area contributed by atoms with Gasteiger partial charge in [-0.05, 0) is 44.9 Å². The van der Waals surface area contributed by atoms with Crippen LogP contribution in [0.2, 0.25) is 0 Å². The molecule has 1 aromatic heterocycles. The number of hydrogen-bond donors (Lipinski definition) is 1. The summed E-state index contributed by atoms with van der Waals surface area (Å²) in [6.07, 6.45) is 2.92. The highest BCUT2D eigenvalue weighted by atomic mass is 32.2. The van der Waals surface area contributed by atoms with E-state index in [4.69, 9.17) is 4.52 Å². The van der Waals surface area contributed by atoms with Crippen molar-refractivity contribution in [2.45, 2.75) is 63.9 Å². The van der Waals surface area contributed by atoms with Crippen molar-refractivity contribution in [1.29, 1.82) is 0 Å². The van der Waals surface area contributed by atoms with E-state index in [2.05, 4.69) is 5.16 Å². The molecule has 1 aromatic rings. The third-order valence-electron chi connectivity index (χ3n) is 6.20. The van der Waals surface area contributed by atoms with E-state index in [-0.39, 0.29) is 28.7 Å². The Morgan fingerprint density at radius 2 is 1.86 bits per heavy atom. The van der Waals surface area contributed by atoms with Crippen LogP contribution in [-0.2, 0) is 14.8 Å². The predicted octanol–water partition coefficient (Wildman–Crippen LogP) is 1.70. The number of aryl methyl sites for hydroxylation is 2. The van der Waals surface area contributed by atoms with Crippen molar-refractivity contribution in [3.05, 3.63) is 11.5 Å². The molecule has 28 heavy (non-hydrogen) atoms.